The van der Waals surface area contributed by atoms with E-state index in [2.05, 4.69) is 43.0 Å². The molecule has 0 saturated carbocycles. The Morgan fingerprint density at radius 1 is 1.08 bits per heavy atom. The van der Waals surface area contributed by atoms with Gasteiger partial charge in [-0.1, -0.05) is 26.0 Å². The summed E-state index contributed by atoms with van der Waals surface area (Å²) in [5.41, 5.74) is 4.68. The first kappa shape index (κ1) is 25.2. The lowest BCUT2D eigenvalue weighted by Gasteiger charge is -2.29. The lowest BCUT2D eigenvalue weighted by molar-refractivity contribution is -0.156. The van der Waals surface area contributed by atoms with E-state index >= 15 is 0 Å². The molecule has 1 aromatic heterocycles. The molecule has 0 radical (unpaired) electrons. The highest BCUT2D eigenvalue weighted by molar-refractivity contribution is 5.82. The summed E-state index contributed by atoms with van der Waals surface area (Å²) in [5.74, 6) is 0.238. The Kier molecular flexibility index (Phi) is 7.42. The maximum absolute atomic E-state index is 13.9. The molecule has 2 fully saturated rings. The summed E-state index contributed by atoms with van der Waals surface area (Å²) in [4.78, 5) is 19.4. The van der Waals surface area contributed by atoms with E-state index in [9.17, 15) is 14.3 Å². The third kappa shape index (κ3) is 5.62. The highest BCUT2D eigenvalue weighted by Gasteiger charge is 2.26. The van der Waals surface area contributed by atoms with E-state index < -0.39 is 18.2 Å². The van der Waals surface area contributed by atoms with Crippen LogP contribution in [0.15, 0.2) is 54.6 Å². The van der Waals surface area contributed by atoms with Crippen LogP contribution in [0.4, 0.5) is 10.1 Å². The van der Waals surface area contributed by atoms with Crippen LogP contribution in [-0.4, -0.2) is 45.9 Å². The summed E-state index contributed by atoms with van der Waals surface area (Å²) in [6.45, 7) is 6.27. The zero-order chi connectivity index (χ0) is 25.9. The van der Waals surface area contributed by atoms with Crippen molar-refractivity contribution in [3.63, 3.8) is 0 Å². The molecule has 2 saturated heterocycles. The normalized spacial score (nSPS) is 20.6. The zero-order valence-electron chi connectivity index (χ0n) is 21.4. The summed E-state index contributed by atoms with van der Waals surface area (Å²) in [6, 6.07) is 14.9. The van der Waals surface area contributed by atoms with Crippen LogP contribution in [0.1, 0.15) is 57.7 Å². The number of aliphatic hydroxyl groups excluding tert-OH is 1. The van der Waals surface area contributed by atoms with Gasteiger partial charge in [-0.15, -0.1) is 0 Å². The van der Waals surface area contributed by atoms with Crippen molar-refractivity contribution in [3.05, 3.63) is 66.2 Å². The van der Waals surface area contributed by atoms with Gasteiger partial charge in [-0.05, 0) is 61.7 Å². The van der Waals surface area contributed by atoms with Crippen molar-refractivity contribution in [2.24, 2.45) is 0 Å². The molecule has 0 aliphatic carbocycles. The summed E-state index contributed by atoms with van der Waals surface area (Å²) in [7, 11) is 0. The average molecular weight is 504 g/mol. The van der Waals surface area contributed by atoms with Gasteiger partial charge in [0.1, 0.15) is 17.7 Å². The number of piperidine rings is 1. The van der Waals surface area contributed by atoms with Gasteiger partial charge in [-0.3, -0.25) is 4.79 Å². The van der Waals surface area contributed by atoms with Crippen LogP contribution in [0, 0.1) is 5.82 Å². The molecule has 0 bridgehead atoms. The molecule has 2 aliphatic rings. The number of hydrogen-bond acceptors (Lipinski definition) is 5. The largest absolute Gasteiger partial charge is 0.458 e. The van der Waals surface area contributed by atoms with Crippen molar-refractivity contribution < 1.29 is 19.0 Å². The van der Waals surface area contributed by atoms with Crippen molar-refractivity contribution in [2.75, 3.05) is 18.0 Å². The number of hydrogen-bond donors (Lipinski definition) is 1. The average Bonchev–Trinajstić information content (AvgIpc) is 3.28. The van der Waals surface area contributed by atoms with Gasteiger partial charge in [0, 0.05) is 48.4 Å². The van der Waals surface area contributed by atoms with E-state index in [4.69, 9.17) is 9.72 Å². The van der Waals surface area contributed by atoms with Gasteiger partial charge in [0.25, 0.3) is 0 Å². The van der Waals surface area contributed by atoms with Crippen molar-refractivity contribution >= 4 is 17.9 Å². The lowest BCUT2D eigenvalue weighted by atomic mass is 10.0. The molecule has 0 amide bonds. The molecule has 2 aromatic carbocycles. The monoisotopic (exact) mass is 503 g/mol. The molecule has 0 unspecified atom stereocenters. The Morgan fingerprint density at radius 3 is 2.54 bits per heavy atom. The molecule has 7 heteroatoms. The molecule has 194 valence electrons. The highest BCUT2D eigenvalue weighted by atomic mass is 19.1. The fourth-order valence-electron chi connectivity index (χ4n) is 5.20. The number of nitrogens with zero attached hydrogens (tertiary/aromatic N) is 3. The topological polar surface area (TPSA) is 67.6 Å². The van der Waals surface area contributed by atoms with E-state index in [0.717, 1.165) is 41.4 Å². The quantitative estimate of drug-likeness (QED) is 0.418. The minimum atomic E-state index is -0.715. The molecule has 5 rings (SSSR count). The molecule has 6 nitrogen and oxygen atoms in total. The van der Waals surface area contributed by atoms with Crippen molar-refractivity contribution in [2.45, 2.75) is 64.1 Å². The van der Waals surface area contributed by atoms with Crippen LogP contribution in [0.2, 0.25) is 0 Å². The number of rotatable bonds is 6. The van der Waals surface area contributed by atoms with Gasteiger partial charge in [0.2, 0.25) is 0 Å². The van der Waals surface area contributed by atoms with E-state index in [0.29, 0.717) is 6.42 Å². The van der Waals surface area contributed by atoms with Crippen molar-refractivity contribution in [1.29, 1.82) is 0 Å². The number of benzene rings is 2. The van der Waals surface area contributed by atoms with Crippen LogP contribution < -0.4 is 4.90 Å². The number of carbonyl (C=O) groups is 1. The maximum atomic E-state index is 13.9. The first-order chi connectivity index (χ1) is 17.9. The van der Waals surface area contributed by atoms with Gasteiger partial charge in [0.15, 0.2) is 0 Å². The third-order valence-electron chi connectivity index (χ3n) is 7.05. The van der Waals surface area contributed by atoms with Crippen LogP contribution in [-0.2, 0) is 9.53 Å². The molecule has 3 aromatic rings. The number of ether oxygens (including phenoxy) is 1. The fourth-order valence-corrected chi connectivity index (χ4v) is 5.20. The predicted molar refractivity (Wildman–Crippen MR) is 144 cm³/mol. The van der Waals surface area contributed by atoms with Gasteiger partial charge >= 0.3 is 5.97 Å². The number of cyclic esters (lactones) is 1. The molecule has 1 N–H and O–H groups in total. The van der Waals surface area contributed by atoms with Gasteiger partial charge in [0.05, 0.1) is 23.9 Å². The number of esters is 1. The van der Waals surface area contributed by atoms with Crippen molar-refractivity contribution in [3.8, 4) is 22.5 Å². The molecular formula is C30H34FN3O3. The Labute approximate surface area is 217 Å². The Morgan fingerprint density at radius 2 is 1.84 bits per heavy atom. The minimum absolute atomic E-state index is 0.0188. The molecule has 2 atom stereocenters. The number of anilines is 1. The van der Waals surface area contributed by atoms with Crippen molar-refractivity contribution in [1.82, 2.24) is 9.55 Å². The van der Waals surface area contributed by atoms with Gasteiger partial charge < -0.3 is 19.3 Å². The molecule has 37 heavy (non-hydrogen) atoms. The summed E-state index contributed by atoms with van der Waals surface area (Å²) in [5, 5.41) is 10.0. The van der Waals surface area contributed by atoms with Crippen LogP contribution >= 0.6 is 0 Å². The smallest absolute Gasteiger partial charge is 0.309 e. The van der Waals surface area contributed by atoms with Crippen LogP contribution in [0.25, 0.3) is 28.7 Å². The van der Waals surface area contributed by atoms with E-state index in [-0.39, 0.29) is 18.2 Å². The Balaban J connectivity index is 1.62. The highest BCUT2D eigenvalue weighted by Crippen LogP contribution is 2.37. The van der Waals surface area contributed by atoms with Crippen LogP contribution in [0.5, 0.6) is 0 Å². The number of halogens is 1. The molecule has 3 heterocycles. The third-order valence-corrected chi connectivity index (χ3v) is 7.05. The Bertz CT molecular complexity index is 1280. The standard InChI is InChI=1S/C30H34FN3O3/c1-20(2)30-32-28(22-7-6-8-24(17-22)33-14-4-3-5-15-33)29(21-9-11-23(31)12-10-21)34(30)16-13-26-18-25(35)19-27(36)37-26/h6-13,16-17,20,25-26,35H,3-5,14-15,18-19H2,1-2H3/b16-13+/t25-,26-/m0/s1. The van der Waals surface area contributed by atoms with E-state index in [1.807, 2.05) is 10.8 Å². The second-order valence-corrected chi connectivity index (χ2v) is 10.3. The fraction of sp³-hybridized carbons (Fsp3) is 0.400. The van der Waals surface area contributed by atoms with Crippen LogP contribution in [0.3, 0.4) is 0 Å². The Hall–Kier alpha value is -3.45. The minimum Gasteiger partial charge on any atom is -0.458 e. The van der Waals surface area contributed by atoms with E-state index in [1.165, 1.54) is 37.1 Å². The number of aliphatic hydroxyl groups is 1. The number of aromatic nitrogens is 2. The second-order valence-electron chi connectivity index (χ2n) is 10.3. The lowest BCUT2D eigenvalue weighted by Crippen LogP contribution is -2.31. The predicted octanol–water partition coefficient (Wildman–Crippen LogP) is 6.01. The zero-order valence-corrected chi connectivity index (χ0v) is 21.4. The molecule has 2 aliphatic heterocycles. The number of imidazole rings is 1. The summed E-state index contributed by atoms with van der Waals surface area (Å²) in [6.07, 6.45) is 6.47. The molecular weight excluding hydrogens is 469 g/mol. The van der Waals surface area contributed by atoms with E-state index in [1.54, 1.807) is 18.2 Å². The first-order valence-electron chi connectivity index (χ1n) is 13.2. The van der Waals surface area contributed by atoms with Gasteiger partial charge in [-0.2, -0.15) is 0 Å². The first-order valence-corrected chi connectivity index (χ1v) is 13.2. The van der Waals surface area contributed by atoms with Gasteiger partial charge in [-0.25, -0.2) is 9.37 Å². The SMILES string of the molecule is CC(C)c1nc(-c2cccc(N3CCCCC3)c2)c(-c2ccc(F)cc2)n1/C=C/[C@H]1C[C@H](O)CC(=O)O1. The number of carbonyl (C=O) groups excluding carboxylic acids is 1. The summed E-state index contributed by atoms with van der Waals surface area (Å²) < 4.78 is 21.3. The second kappa shape index (κ2) is 10.9. The summed E-state index contributed by atoms with van der Waals surface area (Å²) >= 11 is 0. The maximum Gasteiger partial charge on any atom is 0.309 e. The molecule has 0 spiro atoms.